The molecule has 21 heavy (non-hydrogen) atoms. The van der Waals surface area contributed by atoms with Crippen LogP contribution in [0.4, 0.5) is 0 Å². The van der Waals surface area contributed by atoms with E-state index < -0.39 is 0 Å². The molecule has 0 aromatic heterocycles. The molecule has 0 aliphatic heterocycles. The molecule has 0 atom stereocenters. The van der Waals surface area contributed by atoms with Crippen LogP contribution in [0.3, 0.4) is 0 Å². The van der Waals surface area contributed by atoms with E-state index in [1.807, 2.05) is 6.92 Å². The molecule has 1 N–H and O–H groups in total. The lowest BCUT2D eigenvalue weighted by Gasteiger charge is -2.33. The number of ether oxygens (including phenoxy) is 1. The predicted octanol–water partition coefficient (Wildman–Crippen LogP) is 5.91. The maximum atomic E-state index is 5.62. The number of halogens is 2. The van der Waals surface area contributed by atoms with Crippen LogP contribution in [0.15, 0.2) is 21.1 Å². The van der Waals surface area contributed by atoms with Gasteiger partial charge in [0.05, 0.1) is 15.6 Å². The van der Waals surface area contributed by atoms with E-state index in [1.54, 1.807) is 0 Å². The van der Waals surface area contributed by atoms with Crippen LogP contribution in [0.2, 0.25) is 0 Å². The minimum Gasteiger partial charge on any atom is -0.492 e. The summed E-state index contributed by atoms with van der Waals surface area (Å²) in [5.74, 6) is 0.871. The third-order valence-corrected chi connectivity index (χ3v) is 4.27. The van der Waals surface area contributed by atoms with Crippen molar-refractivity contribution in [2.75, 3.05) is 6.61 Å². The Balaban J connectivity index is 2.76. The maximum absolute atomic E-state index is 5.62. The van der Waals surface area contributed by atoms with E-state index >= 15 is 0 Å². The Labute approximate surface area is 146 Å². The Hall–Kier alpha value is -0.0600. The average Bonchev–Trinajstić information content (AvgIpc) is 2.28. The van der Waals surface area contributed by atoms with E-state index in [2.05, 4.69) is 83.9 Å². The van der Waals surface area contributed by atoms with Gasteiger partial charge in [0.1, 0.15) is 5.75 Å². The van der Waals surface area contributed by atoms with Crippen molar-refractivity contribution in [2.24, 2.45) is 5.41 Å². The van der Waals surface area contributed by atoms with E-state index in [9.17, 15) is 0 Å². The van der Waals surface area contributed by atoms with Crippen molar-refractivity contribution in [3.8, 4) is 5.75 Å². The molecule has 1 rings (SSSR count). The van der Waals surface area contributed by atoms with Crippen LogP contribution >= 0.6 is 31.9 Å². The van der Waals surface area contributed by atoms with Crippen LogP contribution in [0.25, 0.3) is 0 Å². The molecular formula is C17H27Br2NO. The number of nitrogens with one attached hydrogen (secondary N) is 1. The van der Waals surface area contributed by atoms with Crippen LogP contribution < -0.4 is 10.1 Å². The van der Waals surface area contributed by atoms with Gasteiger partial charge >= 0.3 is 0 Å². The molecule has 1 aromatic rings. The second kappa shape index (κ2) is 7.47. The van der Waals surface area contributed by atoms with Gasteiger partial charge in [-0.05, 0) is 82.2 Å². The standard InChI is InChI=1S/C17H27Br2NO/c1-7-21-15-13(18)8-12(9-14(15)19)10-20-17(5,6)11-16(2,3)4/h8-9,20H,7,10-11H2,1-6H3. The minimum atomic E-state index is 0.107. The molecule has 0 unspecified atom stereocenters. The summed E-state index contributed by atoms with van der Waals surface area (Å²) in [6.45, 7) is 14.8. The fraction of sp³-hybridized carbons (Fsp3) is 0.647. The average molecular weight is 421 g/mol. The van der Waals surface area contributed by atoms with E-state index in [0.717, 1.165) is 27.7 Å². The molecule has 1 aromatic carbocycles. The van der Waals surface area contributed by atoms with E-state index in [1.165, 1.54) is 5.56 Å². The molecular weight excluding hydrogens is 394 g/mol. The second-order valence-electron chi connectivity index (χ2n) is 7.30. The minimum absolute atomic E-state index is 0.107. The third-order valence-electron chi connectivity index (χ3n) is 3.09. The van der Waals surface area contributed by atoms with Crippen LogP contribution in [-0.4, -0.2) is 12.1 Å². The zero-order valence-electron chi connectivity index (χ0n) is 13.9. The summed E-state index contributed by atoms with van der Waals surface area (Å²) >= 11 is 7.17. The highest BCUT2D eigenvalue weighted by Crippen LogP contribution is 2.35. The third kappa shape index (κ3) is 6.70. The van der Waals surface area contributed by atoms with E-state index in [0.29, 0.717) is 12.0 Å². The van der Waals surface area contributed by atoms with Crippen molar-refractivity contribution in [1.82, 2.24) is 5.32 Å². The van der Waals surface area contributed by atoms with Crippen molar-refractivity contribution in [3.05, 3.63) is 26.6 Å². The summed E-state index contributed by atoms with van der Waals surface area (Å²) in [6.07, 6.45) is 1.12. The quantitative estimate of drug-likeness (QED) is 0.616. The predicted molar refractivity (Wildman–Crippen MR) is 98.0 cm³/mol. The van der Waals surface area contributed by atoms with Gasteiger partial charge in [0.25, 0.3) is 0 Å². The summed E-state index contributed by atoms with van der Waals surface area (Å²) in [7, 11) is 0. The molecule has 4 heteroatoms. The summed E-state index contributed by atoms with van der Waals surface area (Å²) < 4.78 is 7.60. The summed E-state index contributed by atoms with van der Waals surface area (Å²) in [5.41, 5.74) is 1.66. The van der Waals surface area contributed by atoms with Gasteiger partial charge in [0.2, 0.25) is 0 Å². The summed E-state index contributed by atoms with van der Waals surface area (Å²) in [4.78, 5) is 0. The second-order valence-corrected chi connectivity index (χ2v) is 9.01. The van der Waals surface area contributed by atoms with Crippen LogP contribution in [0, 0.1) is 5.41 Å². The van der Waals surface area contributed by atoms with Crippen molar-refractivity contribution >= 4 is 31.9 Å². The monoisotopic (exact) mass is 419 g/mol. The zero-order valence-corrected chi connectivity index (χ0v) is 17.1. The first kappa shape index (κ1) is 19.0. The van der Waals surface area contributed by atoms with Gasteiger partial charge in [-0.2, -0.15) is 0 Å². The summed E-state index contributed by atoms with van der Waals surface area (Å²) in [5, 5.41) is 3.66. The molecule has 0 aliphatic carbocycles. The zero-order chi connectivity index (χ0) is 16.3. The molecule has 0 saturated heterocycles. The first-order valence-electron chi connectivity index (χ1n) is 7.40. The van der Waals surface area contributed by atoms with Crippen LogP contribution in [0.1, 0.15) is 53.5 Å². The Bertz CT molecular complexity index is 455. The normalized spacial score (nSPS) is 12.6. The topological polar surface area (TPSA) is 21.3 Å². The molecule has 0 fully saturated rings. The van der Waals surface area contributed by atoms with Gasteiger partial charge in [-0.25, -0.2) is 0 Å². The van der Waals surface area contributed by atoms with Crippen molar-refractivity contribution in [1.29, 1.82) is 0 Å². The number of rotatable bonds is 6. The van der Waals surface area contributed by atoms with Crippen molar-refractivity contribution in [2.45, 2.75) is 60.0 Å². The lowest BCUT2D eigenvalue weighted by Crippen LogP contribution is -2.41. The van der Waals surface area contributed by atoms with Gasteiger partial charge in [-0.1, -0.05) is 20.8 Å². The molecule has 0 saturated carbocycles. The fourth-order valence-corrected chi connectivity index (χ4v) is 4.24. The van der Waals surface area contributed by atoms with Gasteiger partial charge in [-0.15, -0.1) is 0 Å². The first-order valence-corrected chi connectivity index (χ1v) is 8.98. The number of benzene rings is 1. The summed E-state index contributed by atoms with van der Waals surface area (Å²) in [6, 6.07) is 4.24. The fourth-order valence-electron chi connectivity index (χ4n) is 2.73. The van der Waals surface area contributed by atoms with Crippen molar-refractivity contribution in [3.63, 3.8) is 0 Å². The first-order chi connectivity index (χ1) is 9.54. The number of hydrogen-bond donors (Lipinski definition) is 1. The SMILES string of the molecule is CCOc1c(Br)cc(CNC(C)(C)CC(C)(C)C)cc1Br. The molecule has 2 nitrogen and oxygen atoms in total. The largest absolute Gasteiger partial charge is 0.492 e. The van der Waals surface area contributed by atoms with Gasteiger partial charge < -0.3 is 10.1 Å². The van der Waals surface area contributed by atoms with Gasteiger partial charge in [0, 0.05) is 12.1 Å². The Morgan fingerprint density at radius 3 is 2.00 bits per heavy atom. The maximum Gasteiger partial charge on any atom is 0.147 e. The molecule has 0 spiro atoms. The lowest BCUT2D eigenvalue weighted by atomic mass is 9.82. The Morgan fingerprint density at radius 2 is 1.57 bits per heavy atom. The van der Waals surface area contributed by atoms with Gasteiger partial charge in [0.15, 0.2) is 0 Å². The highest BCUT2D eigenvalue weighted by atomic mass is 79.9. The molecule has 120 valence electrons. The van der Waals surface area contributed by atoms with E-state index in [4.69, 9.17) is 4.74 Å². The van der Waals surface area contributed by atoms with Crippen LogP contribution in [-0.2, 0) is 6.54 Å². The van der Waals surface area contributed by atoms with Gasteiger partial charge in [-0.3, -0.25) is 0 Å². The van der Waals surface area contributed by atoms with E-state index in [-0.39, 0.29) is 5.54 Å². The molecule has 0 radical (unpaired) electrons. The smallest absolute Gasteiger partial charge is 0.147 e. The number of hydrogen-bond acceptors (Lipinski definition) is 2. The molecule has 0 bridgehead atoms. The Morgan fingerprint density at radius 1 is 1.05 bits per heavy atom. The lowest BCUT2D eigenvalue weighted by molar-refractivity contribution is 0.240. The molecule has 0 heterocycles. The van der Waals surface area contributed by atoms with Crippen LogP contribution in [0.5, 0.6) is 5.75 Å². The molecule has 0 aliphatic rings. The van der Waals surface area contributed by atoms with Crippen molar-refractivity contribution < 1.29 is 4.74 Å². The Kier molecular flexibility index (Phi) is 6.76. The molecule has 0 amide bonds. The highest BCUT2D eigenvalue weighted by molar-refractivity contribution is 9.11. The highest BCUT2D eigenvalue weighted by Gasteiger charge is 2.24.